The SMILES string of the molecule is CP(C)(=O)C[C@@H](OCc1ccccc1)[C@@H](OCc1ccccc1)[C@H](CN(C=O)OCc1ccccc1)OCc1ccccc1. The van der Waals surface area contributed by atoms with Crippen LogP contribution >= 0.6 is 7.14 Å². The molecule has 232 valence electrons. The molecule has 4 aromatic carbocycles. The highest BCUT2D eigenvalue weighted by atomic mass is 31.2. The number of hydroxylamine groups is 2. The Labute approximate surface area is 261 Å². The fourth-order valence-electron chi connectivity index (χ4n) is 4.75. The number of amides is 1. The van der Waals surface area contributed by atoms with E-state index in [2.05, 4.69) is 0 Å². The highest BCUT2D eigenvalue weighted by Gasteiger charge is 2.36. The molecule has 8 heteroatoms. The van der Waals surface area contributed by atoms with Crippen LogP contribution in [0.3, 0.4) is 0 Å². The van der Waals surface area contributed by atoms with Crippen molar-refractivity contribution >= 4 is 13.6 Å². The van der Waals surface area contributed by atoms with Gasteiger partial charge in [0, 0.05) is 6.16 Å². The Kier molecular flexibility index (Phi) is 13.4. The van der Waals surface area contributed by atoms with Crippen molar-refractivity contribution in [2.75, 3.05) is 26.0 Å². The summed E-state index contributed by atoms with van der Waals surface area (Å²) < 4.78 is 32.9. The molecule has 0 saturated carbocycles. The summed E-state index contributed by atoms with van der Waals surface area (Å²) in [5.74, 6) is 0. The lowest BCUT2D eigenvalue weighted by Gasteiger charge is -2.36. The molecule has 0 aliphatic heterocycles. The Morgan fingerprint density at radius 1 is 0.591 bits per heavy atom. The number of carbonyl (C=O) groups excluding carboxylic acids is 1. The molecule has 4 aromatic rings. The zero-order valence-electron chi connectivity index (χ0n) is 25.4. The van der Waals surface area contributed by atoms with E-state index in [4.69, 9.17) is 19.0 Å². The number of hydrogen-bond acceptors (Lipinski definition) is 6. The minimum absolute atomic E-state index is 0.0750. The molecule has 3 atom stereocenters. The molecule has 44 heavy (non-hydrogen) atoms. The van der Waals surface area contributed by atoms with Gasteiger partial charge >= 0.3 is 0 Å². The maximum absolute atomic E-state index is 13.3. The van der Waals surface area contributed by atoms with E-state index in [1.807, 2.05) is 121 Å². The van der Waals surface area contributed by atoms with Crippen molar-refractivity contribution in [2.45, 2.75) is 44.7 Å². The summed E-state index contributed by atoms with van der Waals surface area (Å²) in [7, 11) is -2.58. The second-order valence-corrected chi connectivity index (χ2v) is 14.7. The van der Waals surface area contributed by atoms with Crippen LogP contribution in [0.25, 0.3) is 0 Å². The van der Waals surface area contributed by atoms with E-state index in [0.29, 0.717) is 13.0 Å². The molecule has 0 unspecified atom stereocenters. The Balaban J connectivity index is 1.63. The molecule has 4 rings (SSSR count). The Hall–Kier alpha value is -3.58. The third-order valence-corrected chi connectivity index (χ3v) is 8.21. The van der Waals surface area contributed by atoms with Gasteiger partial charge in [0.2, 0.25) is 6.41 Å². The molecule has 0 fully saturated rings. The molecule has 0 aliphatic carbocycles. The van der Waals surface area contributed by atoms with Crippen LogP contribution in [-0.4, -0.2) is 55.8 Å². The largest absolute Gasteiger partial charge is 0.370 e. The van der Waals surface area contributed by atoms with Crippen LogP contribution in [0.2, 0.25) is 0 Å². The first-order valence-electron chi connectivity index (χ1n) is 14.8. The summed E-state index contributed by atoms with van der Waals surface area (Å²) >= 11 is 0. The standard InChI is InChI=1S/C36H42NO6P/c1-44(2,39)28-35(41-25-31-17-9-4-10-18-31)36(42-26-32-19-11-5-12-20-32)34(40-24-30-15-7-3-8-16-30)23-37(29-38)43-27-33-21-13-6-14-22-33/h3-22,29,34-36H,23-28H2,1-2H3/t34-,35+,36-/m0/s1. The van der Waals surface area contributed by atoms with Gasteiger partial charge < -0.3 is 18.8 Å². The third kappa shape index (κ3) is 11.8. The van der Waals surface area contributed by atoms with E-state index in [1.54, 1.807) is 13.3 Å². The molecule has 0 radical (unpaired) electrons. The predicted molar refractivity (Wildman–Crippen MR) is 173 cm³/mol. The average Bonchev–Trinajstić information content (AvgIpc) is 3.05. The normalized spacial score (nSPS) is 13.6. The molecule has 0 aliphatic rings. The van der Waals surface area contributed by atoms with Crippen molar-refractivity contribution in [3.8, 4) is 0 Å². The van der Waals surface area contributed by atoms with Gasteiger partial charge in [0.15, 0.2) is 0 Å². The molecule has 0 N–H and O–H groups in total. The first kappa shape index (κ1) is 33.3. The molecule has 0 heterocycles. The smallest absolute Gasteiger partial charge is 0.233 e. The van der Waals surface area contributed by atoms with Crippen LogP contribution in [0.4, 0.5) is 0 Å². The summed E-state index contributed by atoms with van der Waals surface area (Å²) in [6, 6.07) is 39.2. The number of rotatable bonds is 19. The van der Waals surface area contributed by atoms with Crippen molar-refractivity contribution in [3.63, 3.8) is 0 Å². The first-order chi connectivity index (χ1) is 21.4. The lowest BCUT2D eigenvalue weighted by molar-refractivity contribution is -0.207. The Morgan fingerprint density at radius 2 is 0.977 bits per heavy atom. The molecule has 0 spiro atoms. The second-order valence-electron chi connectivity index (χ2n) is 11.2. The van der Waals surface area contributed by atoms with Gasteiger partial charge in [0.25, 0.3) is 0 Å². The maximum atomic E-state index is 13.3. The summed E-state index contributed by atoms with van der Waals surface area (Å²) in [5.41, 5.74) is 3.87. The lowest BCUT2D eigenvalue weighted by Crippen LogP contribution is -2.49. The van der Waals surface area contributed by atoms with Crippen molar-refractivity contribution in [1.29, 1.82) is 0 Å². The monoisotopic (exact) mass is 615 g/mol. The van der Waals surface area contributed by atoms with E-state index in [0.717, 1.165) is 22.3 Å². The van der Waals surface area contributed by atoms with Gasteiger partial charge in [-0.05, 0) is 35.6 Å². The fraction of sp³-hybridized carbons (Fsp3) is 0.306. The fourth-order valence-corrected chi connectivity index (χ4v) is 5.93. The summed E-state index contributed by atoms with van der Waals surface area (Å²) in [6.07, 6.45) is -1.02. The van der Waals surface area contributed by atoms with Gasteiger partial charge in [-0.2, -0.15) is 0 Å². The van der Waals surface area contributed by atoms with E-state index in [-0.39, 0.29) is 32.5 Å². The van der Waals surface area contributed by atoms with Gasteiger partial charge in [-0.15, -0.1) is 0 Å². The van der Waals surface area contributed by atoms with E-state index in [9.17, 15) is 9.36 Å². The van der Waals surface area contributed by atoms with Crippen LogP contribution in [-0.2, 0) is 54.8 Å². The van der Waals surface area contributed by atoms with Gasteiger partial charge in [-0.1, -0.05) is 121 Å². The van der Waals surface area contributed by atoms with Crippen molar-refractivity contribution in [1.82, 2.24) is 5.06 Å². The van der Waals surface area contributed by atoms with Crippen LogP contribution in [0.5, 0.6) is 0 Å². The summed E-state index contributed by atoms with van der Waals surface area (Å²) in [6.45, 7) is 4.67. The average molecular weight is 616 g/mol. The minimum Gasteiger partial charge on any atom is -0.370 e. The van der Waals surface area contributed by atoms with Gasteiger partial charge in [-0.3, -0.25) is 9.63 Å². The molecule has 0 bridgehead atoms. The van der Waals surface area contributed by atoms with Crippen LogP contribution in [0, 0.1) is 0 Å². The topological polar surface area (TPSA) is 74.3 Å². The minimum atomic E-state index is -2.58. The molecule has 7 nitrogen and oxygen atoms in total. The third-order valence-electron chi connectivity index (χ3n) is 6.97. The van der Waals surface area contributed by atoms with E-state index >= 15 is 0 Å². The number of nitrogens with zero attached hydrogens (tertiary/aromatic N) is 1. The second kappa shape index (κ2) is 17.6. The van der Waals surface area contributed by atoms with E-state index in [1.165, 1.54) is 5.06 Å². The van der Waals surface area contributed by atoms with E-state index < -0.39 is 25.5 Å². The molecule has 0 saturated heterocycles. The van der Waals surface area contributed by atoms with Crippen LogP contribution in [0.1, 0.15) is 22.3 Å². The zero-order chi connectivity index (χ0) is 31.0. The highest BCUT2D eigenvalue weighted by Crippen LogP contribution is 2.39. The van der Waals surface area contributed by atoms with Crippen molar-refractivity contribution in [3.05, 3.63) is 144 Å². The number of hydrogen-bond donors (Lipinski definition) is 0. The Bertz CT molecular complexity index is 1400. The zero-order valence-corrected chi connectivity index (χ0v) is 26.3. The molecular weight excluding hydrogens is 573 g/mol. The highest BCUT2D eigenvalue weighted by molar-refractivity contribution is 7.62. The number of carbonyl (C=O) groups is 1. The molecule has 1 amide bonds. The van der Waals surface area contributed by atoms with Gasteiger partial charge in [-0.25, -0.2) is 5.06 Å². The number of ether oxygens (including phenoxy) is 3. The van der Waals surface area contributed by atoms with Crippen molar-refractivity contribution in [2.24, 2.45) is 0 Å². The van der Waals surface area contributed by atoms with Crippen molar-refractivity contribution < 1.29 is 28.4 Å². The molecular formula is C36H42NO6P. The maximum Gasteiger partial charge on any atom is 0.233 e. The summed E-state index contributed by atoms with van der Waals surface area (Å²) in [5, 5.41) is 1.24. The lowest BCUT2D eigenvalue weighted by atomic mass is 10.1. The predicted octanol–water partition coefficient (Wildman–Crippen LogP) is 6.96. The quantitative estimate of drug-likeness (QED) is 0.0646. The van der Waals surface area contributed by atoms with Gasteiger partial charge in [0.05, 0.1) is 39.6 Å². The van der Waals surface area contributed by atoms with Crippen LogP contribution in [0.15, 0.2) is 121 Å². The Morgan fingerprint density at radius 3 is 1.39 bits per heavy atom. The number of benzene rings is 4. The van der Waals surface area contributed by atoms with Crippen LogP contribution < -0.4 is 0 Å². The van der Waals surface area contributed by atoms with Gasteiger partial charge in [0.1, 0.15) is 18.8 Å². The molecule has 0 aromatic heterocycles. The summed E-state index contributed by atoms with van der Waals surface area (Å²) in [4.78, 5) is 18.2. The first-order valence-corrected chi connectivity index (χ1v) is 17.6.